The van der Waals surface area contributed by atoms with Crippen molar-refractivity contribution < 1.29 is 23.9 Å². The largest absolute Gasteiger partial charge is 0.473 e. The number of anilines is 1. The molecule has 2 aliphatic heterocycles. The maximum absolute atomic E-state index is 12.2. The highest BCUT2D eigenvalue weighted by molar-refractivity contribution is 8.00. The molecule has 0 saturated carbocycles. The Labute approximate surface area is 256 Å². The number of carbonyl (C=O) groups excluding carboxylic acids is 4. The summed E-state index contributed by atoms with van der Waals surface area (Å²) in [6.07, 6.45) is 5.55. The van der Waals surface area contributed by atoms with Crippen LogP contribution < -0.4 is 31.7 Å². The summed E-state index contributed by atoms with van der Waals surface area (Å²) in [4.78, 5) is 56.0. The van der Waals surface area contributed by atoms with Gasteiger partial charge in [-0.2, -0.15) is 16.7 Å². The van der Waals surface area contributed by atoms with Crippen LogP contribution in [-0.4, -0.2) is 63.2 Å². The van der Waals surface area contributed by atoms with Crippen molar-refractivity contribution in [1.29, 1.82) is 0 Å². The number of ketones is 1. The number of aromatic nitrogens is 2. The van der Waals surface area contributed by atoms with Crippen LogP contribution in [0.5, 0.6) is 5.88 Å². The summed E-state index contributed by atoms with van der Waals surface area (Å²) < 4.78 is 5.67. The predicted octanol–water partition coefficient (Wildman–Crippen LogP) is 2.53. The standard InChI is InChI=1S/C30H41N7O5S/c1-19-15-26(36-29(31)34-19)42-17-21-12-10-20(11-13-21)16-33-28(40)23(38)7-3-2-6-14-32-25(39)9-5-4-8-24-27-22(18-43-24)35-30(41)37-27/h10-13,15,22,24,27H,2-9,14,16-18H2,1H3,(H,32,39)(H,33,40)(H2,31,34,36)(H2,35,37,41)/t22-,24-,27-/m0/s1. The summed E-state index contributed by atoms with van der Waals surface area (Å²) in [7, 11) is 0. The number of thioether (sulfide) groups is 1. The number of Topliss-reactive ketones (excluding diaryl/α,β-unsaturated/α-hetero) is 1. The van der Waals surface area contributed by atoms with E-state index in [4.69, 9.17) is 10.5 Å². The Balaban J connectivity index is 0.992. The van der Waals surface area contributed by atoms with E-state index in [-0.39, 0.29) is 42.9 Å². The number of carbonyl (C=O) groups is 4. The minimum absolute atomic E-state index is 0.0369. The number of nitrogens with zero attached hydrogens (tertiary/aromatic N) is 2. The molecule has 43 heavy (non-hydrogen) atoms. The fourth-order valence-corrected chi connectivity index (χ4v) is 6.66. The minimum Gasteiger partial charge on any atom is -0.473 e. The second-order valence-corrected chi connectivity index (χ2v) is 12.2. The molecule has 13 heteroatoms. The number of hydrogen-bond acceptors (Lipinski definition) is 9. The molecule has 1 aromatic carbocycles. The van der Waals surface area contributed by atoms with Gasteiger partial charge in [-0.3, -0.25) is 14.4 Å². The molecule has 12 nitrogen and oxygen atoms in total. The number of unbranched alkanes of at least 4 members (excludes halogenated alkanes) is 3. The maximum Gasteiger partial charge on any atom is 0.315 e. The van der Waals surface area contributed by atoms with Crippen LogP contribution in [0.4, 0.5) is 10.7 Å². The fourth-order valence-electron chi connectivity index (χ4n) is 5.12. The third-order valence-corrected chi connectivity index (χ3v) is 8.96. The van der Waals surface area contributed by atoms with Crippen LogP contribution in [0.1, 0.15) is 68.2 Å². The van der Waals surface area contributed by atoms with Gasteiger partial charge in [0.15, 0.2) is 0 Å². The number of rotatable bonds is 17. The molecule has 0 unspecified atom stereocenters. The van der Waals surface area contributed by atoms with Crippen molar-refractivity contribution in [3.05, 3.63) is 47.2 Å². The number of ether oxygens (including phenoxy) is 1. The zero-order chi connectivity index (χ0) is 30.6. The highest BCUT2D eigenvalue weighted by Crippen LogP contribution is 2.33. The second-order valence-electron chi connectivity index (χ2n) is 10.9. The van der Waals surface area contributed by atoms with Gasteiger partial charge in [0.05, 0.1) is 12.1 Å². The topological polar surface area (TPSA) is 177 Å². The van der Waals surface area contributed by atoms with Gasteiger partial charge >= 0.3 is 6.03 Å². The average Bonchev–Trinajstić information content (AvgIpc) is 3.53. The number of aryl methyl sites for hydroxylation is 1. The quantitative estimate of drug-likeness (QED) is 0.102. The van der Waals surface area contributed by atoms with Crippen molar-refractivity contribution in [2.75, 3.05) is 18.0 Å². The van der Waals surface area contributed by atoms with Gasteiger partial charge < -0.3 is 31.7 Å². The smallest absolute Gasteiger partial charge is 0.315 e. The summed E-state index contributed by atoms with van der Waals surface area (Å²) in [6.45, 7) is 2.95. The SMILES string of the molecule is Cc1cc(OCc2ccc(CNC(=O)C(=O)CCCCCNC(=O)CCCC[C@@H]3SC[C@@H]4NC(=O)N[C@@H]43)cc2)nc(N)n1. The lowest BCUT2D eigenvalue weighted by molar-refractivity contribution is -0.138. The van der Waals surface area contributed by atoms with Gasteiger partial charge in [-0.05, 0) is 43.7 Å². The monoisotopic (exact) mass is 611 g/mol. The predicted molar refractivity (Wildman–Crippen MR) is 164 cm³/mol. The van der Waals surface area contributed by atoms with Gasteiger partial charge in [0.1, 0.15) is 6.61 Å². The number of fused-ring (bicyclic) bond motifs is 1. The molecule has 2 fully saturated rings. The van der Waals surface area contributed by atoms with E-state index in [0.29, 0.717) is 37.1 Å². The molecule has 1 aromatic heterocycles. The van der Waals surface area contributed by atoms with Crippen LogP contribution in [0.15, 0.2) is 30.3 Å². The summed E-state index contributed by atoms with van der Waals surface area (Å²) >= 11 is 1.89. The molecular formula is C30H41N7O5S. The molecule has 2 saturated heterocycles. The molecule has 0 radical (unpaired) electrons. The van der Waals surface area contributed by atoms with Crippen LogP contribution >= 0.6 is 11.8 Å². The Kier molecular flexibility index (Phi) is 12.0. The summed E-state index contributed by atoms with van der Waals surface area (Å²) in [5.74, 6) is 0.526. The Morgan fingerprint density at radius 2 is 1.77 bits per heavy atom. The van der Waals surface area contributed by atoms with Gasteiger partial charge in [-0.1, -0.05) is 37.1 Å². The Bertz CT molecular complexity index is 1260. The van der Waals surface area contributed by atoms with E-state index in [1.54, 1.807) is 6.07 Å². The van der Waals surface area contributed by atoms with Crippen LogP contribution in [0, 0.1) is 6.92 Å². The average molecular weight is 612 g/mol. The van der Waals surface area contributed by atoms with Crippen molar-refractivity contribution in [3.8, 4) is 5.88 Å². The molecule has 2 aromatic rings. The molecule has 4 rings (SSSR count). The Morgan fingerprint density at radius 1 is 1.00 bits per heavy atom. The molecule has 3 atom stereocenters. The van der Waals surface area contributed by atoms with E-state index in [2.05, 4.69) is 31.2 Å². The molecule has 0 aliphatic carbocycles. The first-order valence-corrected chi connectivity index (χ1v) is 15.9. The molecule has 0 bridgehead atoms. The van der Waals surface area contributed by atoms with E-state index in [1.165, 1.54) is 0 Å². The second kappa shape index (κ2) is 16.1. The van der Waals surface area contributed by atoms with E-state index >= 15 is 0 Å². The third kappa shape index (κ3) is 10.4. The van der Waals surface area contributed by atoms with Gasteiger partial charge in [-0.25, -0.2) is 9.78 Å². The molecule has 6 N–H and O–H groups in total. The molecule has 232 valence electrons. The molecule has 0 spiro atoms. The highest BCUT2D eigenvalue weighted by atomic mass is 32.2. The van der Waals surface area contributed by atoms with Crippen molar-refractivity contribution in [2.45, 2.75) is 88.8 Å². The molecule has 4 amide bonds. The zero-order valence-corrected chi connectivity index (χ0v) is 25.3. The number of amides is 4. The number of urea groups is 1. The number of nitrogen functional groups attached to an aromatic ring is 1. The molecule has 2 aliphatic rings. The number of benzene rings is 1. The first-order chi connectivity index (χ1) is 20.8. The normalized spacial score (nSPS) is 18.8. The lowest BCUT2D eigenvalue weighted by Crippen LogP contribution is -2.36. The van der Waals surface area contributed by atoms with Gasteiger partial charge in [0, 0.05) is 48.7 Å². The highest BCUT2D eigenvalue weighted by Gasteiger charge is 2.42. The van der Waals surface area contributed by atoms with Crippen LogP contribution in [-0.2, 0) is 27.5 Å². The van der Waals surface area contributed by atoms with Crippen LogP contribution in [0.2, 0.25) is 0 Å². The Morgan fingerprint density at radius 3 is 2.56 bits per heavy atom. The number of nitrogens with two attached hydrogens (primary N) is 1. The first kappa shape index (κ1) is 32.1. The third-order valence-electron chi connectivity index (χ3n) is 7.45. The van der Waals surface area contributed by atoms with Crippen molar-refractivity contribution in [2.24, 2.45) is 0 Å². The van der Waals surface area contributed by atoms with E-state index in [9.17, 15) is 19.2 Å². The lowest BCUT2D eigenvalue weighted by atomic mass is 10.0. The first-order valence-electron chi connectivity index (χ1n) is 14.8. The van der Waals surface area contributed by atoms with Crippen molar-refractivity contribution in [3.63, 3.8) is 0 Å². The lowest BCUT2D eigenvalue weighted by Gasteiger charge is -2.16. The minimum atomic E-state index is -0.587. The zero-order valence-electron chi connectivity index (χ0n) is 24.5. The van der Waals surface area contributed by atoms with Crippen LogP contribution in [0.25, 0.3) is 0 Å². The maximum atomic E-state index is 12.2. The fraction of sp³-hybridized carbons (Fsp3) is 0.533. The van der Waals surface area contributed by atoms with Crippen molar-refractivity contribution in [1.82, 2.24) is 31.2 Å². The number of nitrogens with one attached hydrogen (secondary N) is 4. The van der Waals surface area contributed by atoms with Gasteiger partial charge in [0.2, 0.25) is 23.5 Å². The number of hydrogen-bond donors (Lipinski definition) is 5. The van der Waals surface area contributed by atoms with E-state index in [0.717, 1.165) is 54.7 Å². The van der Waals surface area contributed by atoms with E-state index < -0.39 is 11.7 Å². The summed E-state index contributed by atoms with van der Waals surface area (Å²) in [5, 5.41) is 12.0. The Hall–Kier alpha value is -3.87. The summed E-state index contributed by atoms with van der Waals surface area (Å²) in [6, 6.07) is 9.59. The van der Waals surface area contributed by atoms with Crippen LogP contribution in [0.3, 0.4) is 0 Å². The summed E-state index contributed by atoms with van der Waals surface area (Å²) in [5.41, 5.74) is 8.16. The van der Waals surface area contributed by atoms with Gasteiger partial charge in [0.25, 0.3) is 5.91 Å². The molecule has 3 heterocycles. The van der Waals surface area contributed by atoms with Gasteiger partial charge in [-0.15, -0.1) is 0 Å². The van der Waals surface area contributed by atoms with Crippen molar-refractivity contribution >= 4 is 41.3 Å². The van der Waals surface area contributed by atoms with E-state index in [1.807, 2.05) is 43.0 Å². The molecular weight excluding hydrogens is 570 g/mol.